The van der Waals surface area contributed by atoms with Crippen LogP contribution in [0, 0.1) is 11.8 Å². The van der Waals surface area contributed by atoms with Gasteiger partial charge in [-0.1, -0.05) is 111 Å². The predicted molar refractivity (Wildman–Crippen MR) is 164 cm³/mol. The number of hydrogen-bond acceptors (Lipinski definition) is 9. The van der Waals surface area contributed by atoms with E-state index in [4.69, 9.17) is 19.1 Å². The first-order valence-electron chi connectivity index (χ1n) is 16.2. The third-order valence-electron chi connectivity index (χ3n) is 6.87. The summed E-state index contributed by atoms with van der Waals surface area (Å²) in [6.07, 6.45) is 14.2. The van der Waals surface area contributed by atoms with Gasteiger partial charge < -0.3 is 24.6 Å². The molecule has 10 nitrogen and oxygen atoms in total. The molecule has 0 bridgehead atoms. The molecule has 1 unspecified atom stereocenters. The molecule has 0 saturated heterocycles. The van der Waals surface area contributed by atoms with Crippen LogP contribution < -0.4 is 0 Å². The first kappa shape index (κ1) is 41.0. The Labute approximate surface area is 254 Å². The molecule has 0 saturated carbocycles. The number of phosphoric ester groups is 1. The van der Waals surface area contributed by atoms with Crippen LogP contribution in [0.1, 0.15) is 137 Å². The normalized spacial score (nSPS) is 14.6. The van der Waals surface area contributed by atoms with E-state index in [9.17, 15) is 24.2 Å². The van der Waals surface area contributed by atoms with Gasteiger partial charge >= 0.3 is 19.8 Å². The number of unbranched alkanes of at least 4 members (excludes halogenated alkanes) is 11. The summed E-state index contributed by atoms with van der Waals surface area (Å²) in [7, 11) is -4.59. The van der Waals surface area contributed by atoms with Crippen molar-refractivity contribution < 1.29 is 47.8 Å². The second-order valence-corrected chi connectivity index (χ2v) is 13.6. The number of carbonyl (C=O) groups excluding carboxylic acids is 2. The van der Waals surface area contributed by atoms with Crippen molar-refractivity contribution >= 4 is 19.8 Å². The minimum absolute atomic E-state index is 0.185. The van der Waals surface area contributed by atoms with Gasteiger partial charge in [0, 0.05) is 12.8 Å². The van der Waals surface area contributed by atoms with E-state index < -0.39 is 51.8 Å². The molecule has 42 heavy (non-hydrogen) atoms. The fourth-order valence-electron chi connectivity index (χ4n) is 4.30. The van der Waals surface area contributed by atoms with Crippen molar-refractivity contribution in [3.05, 3.63) is 0 Å². The third-order valence-corrected chi connectivity index (χ3v) is 7.82. The van der Waals surface area contributed by atoms with Crippen molar-refractivity contribution in [1.29, 1.82) is 0 Å². The average molecular weight is 625 g/mol. The number of esters is 2. The fourth-order valence-corrected chi connectivity index (χ4v) is 5.09. The zero-order chi connectivity index (χ0) is 31.6. The number of aliphatic hydroxyl groups excluding tert-OH is 2. The van der Waals surface area contributed by atoms with Gasteiger partial charge in [-0.3, -0.25) is 18.6 Å². The molecule has 0 radical (unpaired) electrons. The topological polar surface area (TPSA) is 149 Å². The van der Waals surface area contributed by atoms with E-state index in [0.717, 1.165) is 50.4 Å². The Kier molecular flexibility index (Phi) is 25.7. The van der Waals surface area contributed by atoms with Crippen LogP contribution in [0.25, 0.3) is 0 Å². The van der Waals surface area contributed by atoms with E-state index in [1.807, 2.05) is 0 Å². The molecule has 250 valence electrons. The lowest BCUT2D eigenvalue weighted by Crippen LogP contribution is -2.29. The summed E-state index contributed by atoms with van der Waals surface area (Å²) in [6.45, 7) is 6.82. The molecule has 0 amide bonds. The number of hydrogen-bond donors (Lipinski definition) is 3. The van der Waals surface area contributed by atoms with Crippen LogP contribution in [0.15, 0.2) is 0 Å². The molecule has 0 fully saturated rings. The number of aliphatic hydroxyl groups is 2. The lowest BCUT2D eigenvalue weighted by molar-refractivity contribution is -0.161. The lowest BCUT2D eigenvalue weighted by atomic mass is 10.0. The maximum absolute atomic E-state index is 12.4. The standard InChI is InChI=1S/C31H61O10P/c1-26(2)18-14-10-6-5-7-13-17-21-31(35)41-29(25-40-42(36,37)39-23-28(33)22-32)24-38-30(34)20-16-12-9-8-11-15-19-27(3)4/h26-29,32-33H,5-25H2,1-4H3,(H,36,37)/t28-,29+/m0/s1. The van der Waals surface area contributed by atoms with Gasteiger partial charge in [0.15, 0.2) is 6.10 Å². The zero-order valence-corrected chi connectivity index (χ0v) is 27.7. The second-order valence-electron chi connectivity index (χ2n) is 12.2. The van der Waals surface area contributed by atoms with Gasteiger partial charge in [0.2, 0.25) is 0 Å². The number of carbonyl (C=O) groups is 2. The van der Waals surface area contributed by atoms with Crippen molar-refractivity contribution in [2.75, 3.05) is 26.4 Å². The maximum atomic E-state index is 12.4. The van der Waals surface area contributed by atoms with E-state index in [-0.39, 0.29) is 19.4 Å². The lowest BCUT2D eigenvalue weighted by Gasteiger charge is -2.20. The predicted octanol–water partition coefficient (Wildman–Crippen LogP) is 6.87. The number of ether oxygens (including phenoxy) is 2. The van der Waals surface area contributed by atoms with Gasteiger partial charge in [-0.25, -0.2) is 4.57 Å². The van der Waals surface area contributed by atoms with Crippen molar-refractivity contribution in [2.24, 2.45) is 11.8 Å². The van der Waals surface area contributed by atoms with Gasteiger partial charge in [-0.2, -0.15) is 0 Å². The molecular weight excluding hydrogens is 563 g/mol. The summed E-state index contributed by atoms with van der Waals surface area (Å²) in [5.74, 6) is 0.532. The average Bonchev–Trinajstić information content (AvgIpc) is 2.93. The summed E-state index contributed by atoms with van der Waals surface area (Å²) in [6, 6.07) is 0. The molecule has 0 aromatic carbocycles. The van der Waals surface area contributed by atoms with Gasteiger partial charge in [-0.05, 0) is 24.7 Å². The van der Waals surface area contributed by atoms with E-state index in [0.29, 0.717) is 12.8 Å². The Morgan fingerprint density at radius 1 is 0.643 bits per heavy atom. The van der Waals surface area contributed by atoms with Crippen LogP contribution >= 0.6 is 7.82 Å². The van der Waals surface area contributed by atoms with E-state index in [2.05, 4.69) is 32.2 Å². The Hall–Kier alpha value is -1.03. The molecule has 0 rings (SSSR count). The molecule has 0 spiro atoms. The highest BCUT2D eigenvalue weighted by Gasteiger charge is 2.27. The monoisotopic (exact) mass is 624 g/mol. The van der Waals surface area contributed by atoms with Crippen molar-refractivity contribution in [1.82, 2.24) is 0 Å². The Balaban J connectivity index is 4.48. The summed E-state index contributed by atoms with van der Waals surface area (Å²) < 4.78 is 32.3. The first-order valence-corrected chi connectivity index (χ1v) is 17.7. The van der Waals surface area contributed by atoms with Gasteiger partial charge in [0.1, 0.15) is 12.7 Å². The quantitative estimate of drug-likeness (QED) is 0.0457. The molecule has 0 aromatic rings. The highest BCUT2D eigenvalue weighted by Crippen LogP contribution is 2.43. The third kappa shape index (κ3) is 27.8. The molecule has 0 aromatic heterocycles. The smallest absolute Gasteiger partial charge is 0.462 e. The van der Waals surface area contributed by atoms with Crippen molar-refractivity contribution in [3.8, 4) is 0 Å². The Bertz CT molecular complexity index is 716. The van der Waals surface area contributed by atoms with Gasteiger partial charge in [0.25, 0.3) is 0 Å². The molecule has 3 atom stereocenters. The van der Waals surface area contributed by atoms with Crippen molar-refractivity contribution in [3.63, 3.8) is 0 Å². The van der Waals surface area contributed by atoms with E-state index >= 15 is 0 Å². The SMILES string of the molecule is CC(C)CCCCCCCCCC(=O)O[C@H](COC(=O)CCCCCCCCC(C)C)COP(=O)(O)OC[C@@H](O)CO. The summed E-state index contributed by atoms with van der Waals surface area (Å²) in [5.41, 5.74) is 0. The number of rotatable bonds is 29. The largest absolute Gasteiger partial charge is 0.472 e. The minimum Gasteiger partial charge on any atom is -0.462 e. The van der Waals surface area contributed by atoms with Crippen LogP contribution in [-0.4, -0.2) is 65.7 Å². The van der Waals surface area contributed by atoms with Crippen LogP contribution in [0.3, 0.4) is 0 Å². The highest BCUT2D eigenvalue weighted by atomic mass is 31.2. The molecule has 0 aliphatic heterocycles. The summed E-state index contributed by atoms with van der Waals surface area (Å²) in [4.78, 5) is 34.5. The first-order chi connectivity index (χ1) is 19.9. The second kappa shape index (κ2) is 26.4. The zero-order valence-electron chi connectivity index (χ0n) is 26.8. The molecule has 0 aliphatic carbocycles. The van der Waals surface area contributed by atoms with E-state index in [1.54, 1.807) is 0 Å². The molecule has 0 aliphatic rings. The van der Waals surface area contributed by atoms with Crippen LogP contribution in [0.5, 0.6) is 0 Å². The highest BCUT2D eigenvalue weighted by molar-refractivity contribution is 7.47. The molecule has 3 N–H and O–H groups in total. The Morgan fingerprint density at radius 2 is 1.07 bits per heavy atom. The molecule has 11 heteroatoms. The maximum Gasteiger partial charge on any atom is 0.472 e. The summed E-state index contributed by atoms with van der Waals surface area (Å²) >= 11 is 0. The fraction of sp³-hybridized carbons (Fsp3) is 0.935. The van der Waals surface area contributed by atoms with Gasteiger partial charge in [-0.15, -0.1) is 0 Å². The Morgan fingerprint density at radius 3 is 1.55 bits per heavy atom. The summed E-state index contributed by atoms with van der Waals surface area (Å²) in [5, 5.41) is 18.2. The van der Waals surface area contributed by atoms with E-state index in [1.165, 1.54) is 44.9 Å². The van der Waals surface area contributed by atoms with Crippen LogP contribution in [-0.2, 0) is 32.7 Å². The number of phosphoric acid groups is 1. The van der Waals surface area contributed by atoms with Crippen LogP contribution in [0.4, 0.5) is 0 Å². The van der Waals surface area contributed by atoms with Gasteiger partial charge in [0.05, 0.1) is 19.8 Å². The molecule has 0 heterocycles. The minimum atomic E-state index is -4.59. The molecular formula is C31H61O10P. The van der Waals surface area contributed by atoms with Crippen molar-refractivity contribution in [2.45, 2.75) is 149 Å². The van der Waals surface area contributed by atoms with Crippen LogP contribution in [0.2, 0.25) is 0 Å².